The van der Waals surface area contributed by atoms with Crippen LogP contribution in [0, 0.1) is 0 Å². The Hall–Kier alpha value is 0.250. The Kier molecular flexibility index (Phi) is 3.20. The highest BCUT2D eigenvalue weighted by molar-refractivity contribution is 6.23. The Bertz CT molecular complexity index is 121. The number of rotatable bonds is 2. The summed E-state index contributed by atoms with van der Waals surface area (Å²) in [5.41, 5.74) is 0. The van der Waals surface area contributed by atoms with Crippen LogP contribution in [0.3, 0.4) is 0 Å². The van der Waals surface area contributed by atoms with Gasteiger partial charge in [0.25, 0.3) is 0 Å². The second-order valence-electron chi connectivity index (χ2n) is 3.65. The van der Waals surface area contributed by atoms with Gasteiger partial charge in [0.15, 0.2) is 0 Å². The molecule has 0 radical (unpaired) electrons. The highest BCUT2D eigenvalue weighted by Gasteiger charge is 2.29. The molecule has 66 valence electrons. The molecule has 0 aromatic rings. The van der Waals surface area contributed by atoms with Gasteiger partial charge in [-0.25, -0.2) is 0 Å². The summed E-state index contributed by atoms with van der Waals surface area (Å²) in [5, 5.41) is 0. The van der Waals surface area contributed by atoms with Crippen LogP contribution in [0.25, 0.3) is 0 Å². The SMILES string of the molecule is CCCC1CC(C)(Cl)CCO1. The molecule has 0 bridgehead atoms. The van der Waals surface area contributed by atoms with E-state index in [1.807, 2.05) is 0 Å². The zero-order chi connectivity index (χ0) is 8.32. The topological polar surface area (TPSA) is 9.23 Å². The maximum atomic E-state index is 6.22. The molecule has 0 spiro atoms. The molecule has 1 saturated heterocycles. The molecule has 0 saturated carbocycles. The average molecular weight is 177 g/mol. The van der Waals surface area contributed by atoms with Crippen LogP contribution in [0.4, 0.5) is 0 Å². The average Bonchev–Trinajstić information content (AvgIpc) is 1.85. The quantitative estimate of drug-likeness (QED) is 0.588. The van der Waals surface area contributed by atoms with E-state index in [1.165, 1.54) is 6.42 Å². The Balaban J connectivity index is 2.34. The fourth-order valence-electron chi connectivity index (χ4n) is 1.58. The van der Waals surface area contributed by atoms with Gasteiger partial charge in [-0.05, 0) is 26.2 Å². The van der Waals surface area contributed by atoms with E-state index in [0.717, 1.165) is 25.9 Å². The maximum Gasteiger partial charge on any atom is 0.0591 e. The Morgan fingerprint density at radius 2 is 2.36 bits per heavy atom. The molecule has 0 amide bonds. The van der Waals surface area contributed by atoms with Crippen LogP contribution in [0.5, 0.6) is 0 Å². The van der Waals surface area contributed by atoms with Gasteiger partial charge in [0.2, 0.25) is 0 Å². The van der Waals surface area contributed by atoms with E-state index in [9.17, 15) is 0 Å². The second kappa shape index (κ2) is 3.77. The molecule has 0 N–H and O–H groups in total. The van der Waals surface area contributed by atoms with Gasteiger partial charge >= 0.3 is 0 Å². The summed E-state index contributed by atoms with van der Waals surface area (Å²) in [6.07, 6.45) is 4.77. The fourth-order valence-corrected chi connectivity index (χ4v) is 1.83. The van der Waals surface area contributed by atoms with Crippen molar-refractivity contribution < 1.29 is 4.74 Å². The number of hydrogen-bond donors (Lipinski definition) is 0. The molecule has 11 heavy (non-hydrogen) atoms. The van der Waals surface area contributed by atoms with Gasteiger partial charge in [-0.15, -0.1) is 11.6 Å². The summed E-state index contributed by atoms with van der Waals surface area (Å²) in [5.74, 6) is 0. The Morgan fingerprint density at radius 3 is 2.91 bits per heavy atom. The molecule has 1 aliphatic heterocycles. The number of hydrogen-bond acceptors (Lipinski definition) is 1. The molecule has 1 rings (SSSR count). The van der Waals surface area contributed by atoms with Gasteiger partial charge in [-0.2, -0.15) is 0 Å². The van der Waals surface area contributed by atoms with Crippen molar-refractivity contribution in [2.75, 3.05) is 6.61 Å². The van der Waals surface area contributed by atoms with Crippen molar-refractivity contribution in [3.63, 3.8) is 0 Å². The maximum absolute atomic E-state index is 6.22. The summed E-state index contributed by atoms with van der Waals surface area (Å²) in [4.78, 5) is -0.00190. The van der Waals surface area contributed by atoms with Gasteiger partial charge in [0.1, 0.15) is 0 Å². The summed E-state index contributed by atoms with van der Waals surface area (Å²) in [6.45, 7) is 5.13. The molecule has 0 aromatic heterocycles. The lowest BCUT2D eigenvalue weighted by atomic mass is 9.94. The van der Waals surface area contributed by atoms with E-state index in [0.29, 0.717) is 6.10 Å². The molecule has 1 fully saturated rings. The van der Waals surface area contributed by atoms with Crippen LogP contribution in [0.1, 0.15) is 39.5 Å². The molecule has 2 atom stereocenters. The first-order valence-electron chi connectivity index (χ1n) is 4.44. The largest absolute Gasteiger partial charge is 0.378 e. The smallest absolute Gasteiger partial charge is 0.0591 e. The molecular weight excluding hydrogens is 160 g/mol. The van der Waals surface area contributed by atoms with Gasteiger partial charge in [0, 0.05) is 11.5 Å². The normalized spacial score (nSPS) is 39.0. The van der Waals surface area contributed by atoms with Crippen molar-refractivity contribution in [1.29, 1.82) is 0 Å². The van der Waals surface area contributed by atoms with Gasteiger partial charge in [0.05, 0.1) is 6.10 Å². The highest BCUT2D eigenvalue weighted by Crippen LogP contribution is 2.31. The van der Waals surface area contributed by atoms with Gasteiger partial charge in [-0.1, -0.05) is 13.3 Å². The van der Waals surface area contributed by atoms with E-state index >= 15 is 0 Å². The minimum absolute atomic E-state index is 0.00190. The zero-order valence-corrected chi connectivity index (χ0v) is 8.16. The van der Waals surface area contributed by atoms with Crippen LogP contribution < -0.4 is 0 Å². The lowest BCUT2D eigenvalue weighted by Gasteiger charge is -2.33. The molecule has 1 aliphatic rings. The standard InChI is InChI=1S/C9H17ClO/c1-3-4-8-7-9(2,10)5-6-11-8/h8H,3-7H2,1-2H3. The molecule has 2 unspecified atom stereocenters. The van der Waals surface area contributed by atoms with E-state index in [4.69, 9.17) is 16.3 Å². The Labute approximate surface area is 74.1 Å². The molecule has 1 nitrogen and oxygen atoms in total. The fraction of sp³-hybridized carbons (Fsp3) is 1.00. The minimum atomic E-state index is -0.00190. The molecule has 2 heteroatoms. The third-order valence-electron chi connectivity index (χ3n) is 2.24. The third-order valence-corrected chi connectivity index (χ3v) is 2.58. The van der Waals surface area contributed by atoms with Crippen LogP contribution in [-0.4, -0.2) is 17.6 Å². The predicted octanol–water partition coefficient (Wildman–Crippen LogP) is 2.96. The number of alkyl halides is 1. The van der Waals surface area contributed by atoms with Crippen molar-refractivity contribution in [3.05, 3.63) is 0 Å². The minimum Gasteiger partial charge on any atom is -0.378 e. The van der Waals surface area contributed by atoms with Crippen molar-refractivity contribution in [2.24, 2.45) is 0 Å². The monoisotopic (exact) mass is 176 g/mol. The number of ether oxygens (including phenoxy) is 1. The predicted molar refractivity (Wildman–Crippen MR) is 48.1 cm³/mol. The van der Waals surface area contributed by atoms with Crippen LogP contribution in [-0.2, 0) is 4.74 Å². The molecule has 1 heterocycles. The Morgan fingerprint density at radius 1 is 1.64 bits per heavy atom. The summed E-state index contributed by atoms with van der Waals surface area (Å²) < 4.78 is 5.57. The molecule has 0 aliphatic carbocycles. The van der Waals surface area contributed by atoms with E-state index in [2.05, 4.69) is 13.8 Å². The van der Waals surface area contributed by atoms with Crippen molar-refractivity contribution in [1.82, 2.24) is 0 Å². The van der Waals surface area contributed by atoms with Gasteiger partial charge in [-0.3, -0.25) is 0 Å². The highest BCUT2D eigenvalue weighted by atomic mass is 35.5. The number of halogens is 1. The van der Waals surface area contributed by atoms with E-state index in [1.54, 1.807) is 0 Å². The molecular formula is C9H17ClO. The summed E-state index contributed by atoms with van der Waals surface area (Å²) in [6, 6.07) is 0. The van der Waals surface area contributed by atoms with Crippen LogP contribution in [0.15, 0.2) is 0 Å². The van der Waals surface area contributed by atoms with Crippen molar-refractivity contribution >= 4 is 11.6 Å². The van der Waals surface area contributed by atoms with Gasteiger partial charge < -0.3 is 4.74 Å². The lowest BCUT2D eigenvalue weighted by molar-refractivity contribution is -0.00274. The lowest BCUT2D eigenvalue weighted by Crippen LogP contribution is -2.33. The summed E-state index contributed by atoms with van der Waals surface area (Å²) >= 11 is 6.22. The third kappa shape index (κ3) is 3.00. The van der Waals surface area contributed by atoms with Crippen LogP contribution in [0.2, 0.25) is 0 Å². The first-order valence-corrected chi connectivity index (χ1v) is 4.82. The van der Waals surface area contributed by atoms with Crippen molar-refractivity contribution in [3.8, 4) is 0 Å². The second-order valence-corrected chi connectivity index (χ2v) is 4.56. The molecule has 0 aromatic carbocycles. The first kappa shape index (κ1) is 9.34. The zero-order valence-electron chi connectivity index (χ0n) is 7.40. The summed E-state index contributed by atoms with van der Waals surface area (Å²) in [7, 11) is 0. The van der Waals surface area contributed by atoms with E-state index < -0.39 is 0 Å². The van der Waals surface area contributed by atoms with Crippen molar-refractivity contribution in [2.45, 2.75) is 50.5 Å². The first-order chi connectivity index (χ1) is 5.14. The van der Waals surface area contributed by atoms with E-state index in [-0.39, 0.29) is 4.87 Å². The van der Waals surface area contributed by atoms with Crippen LogP contribution >= 0.6 is 11.6 Å².